The number of carbonyl (C=O) groups excluding carboxylic acids is 1. The first-order chi connectivity index (χ1) is 7.47. The number of benzene rings is 1. The van der Waals surface area contributed by atoms with Crippen LogP contribution in [-0.2, 0) is 11.2 Å². The van der Waals surface area contributed by atoms with Gasteiger partial charge in [0.2, 0.25) is 0 Å². The highest BCUT2D eigenvalue weighted by Gasteiger charge is 2.22. The van der Waals surface area contributed by atoms with Gasteiger partial charge < -0.3 is 4.79 Å². The van der Waals surface area contributed by atoms with Crippen LogP contribution >= 0.6 is 11.6 Å². The van der Waals surface area contributed by atoms with Gasteiger partial charge in [-0.25, -0.2) is 0 Å². The first-order valence-corrected chi connectivity index (χ1v) is 4.40. The van der Waals surface area contributed by atoms with Crippen molar-refractivity contribution in [2.45, 2.75) is 6.42 Å². The number of aldehydes is 1. The summed E-state index contributed by atoms with van der Waals surface area (Å²) in [5.41, 5.74) is -1.02. The topological polar surface area (TPSA) is 103 Å². The predicted octanol–water partition coefficient (Wildman–Crippen LogP) is 1.90. The zero-order chi connectivity index (χ0) is 12.3. The van der Waals surface area contributed by atoms with Crippen LogP contribution in [0.25, 0.3) is 0 Å². The smallest absolute Gasteiger partial charge is 0.281 e. The molecule has 1 aromatic carbocycles. The van der Waals surface area contributed by atoms with Crippen LogP contribution in [0.3, 0.4) is 0 Å². The van der Waals surface area contributed by atoms with Gasteiger partial charge in [0.05, 0.1) is 26.5 Å². The lowest BCUT2D eigenvalue weighted by Crippen LogP contribution is -1.99. The number of nitro benzene ring substituents is 2. The van der Waals surface area contributed by atoms with E-state index in [4.69, 9.17) is 11.6 Å². The third kappa shape index (κ3) is 2.31. The first-order valence-electron chi connectivity index (χ1n) is 4.02. The van der Waals surface area contributed by atoms with Gasteiger partial charge >= 0.3 is 0 Å². The highest BCUT2D eigenvalue weighted by Crippen LogP contribution is 2.31. The van der Waals surface area contributed by atoms with E-state index < -0.39 is 21.2 Å². The van der Waals surface area contributed by atoms with E-state index in [9.17, 15) is 25.0 Å². The molecule has 0 aliphatic carbocycles. The van der Waals surface area contributed by atoms with Crippen LogP contribution in [0, 0.1) is 20.2 Å². The second-order valence-electron chi connectivity index (χ2n) is 2.81. The molecule has 1 rings (SSSR count). The molecule has 0 spiro atoms. The van der Waals surface area contributed by atoms with Crippen molar-refractivity contribution in [3.8, 4) is 0 Å². The number of non-ortho nitro benzene ring substituents is 1. The van der Waals surface area contributed by atoms with E-state index >= 15 is 0 Å². The van der Waals surface area contributed by atoms with E-state index in [1.807, 2.05) is 0 Å². The fourth-order valence-corrected chi connectivity index (χ4v) is 1.45. The SMILES string of the molecule is O=CCc1c(Cl)cc([N+](=O)[O-])cc1[N+](=O)[O-]. The molecule has 0 aliphatic heterocycles. The molecule has 0 unspecified atom stereocenters. The minimum absolute atomic E-state index is 0.0210. The van der Waals surface area contributed by atoms with Crippen LogP contribution in [0.2, 0.25) is 5.02 Å². The van der Waals surface area contributed by atoms with Crippen molar-refractivity contribution < 1.29 is 14.6 Å². The zero-order valence-electron chi connectivity index (χ0n) is 7.75. The molecule has 0 amide bonds. The maximum atomic E-state index is 10.6. The van der Waals surface area contributed by atoms with Gasteiger partial charge in [0, 0.05) is 12.5 Å². The fraction of sp³-hybridized carbons (Fsp3) is 0.125. The molecule has 7 nitrogen and oxygen atoms in total. The summed E-state index contributed by atoms with van der Waals surface area (Å²) in [7, 11) is 0. The molecule has 0 bridgehead atoms. The van der Waals surface area contributed by atoms with Gasteiger partial charge in [-0.2, -0.15) is 0 Å². The Morgan fingerprint density at radius 3 is 2.31 bits per heavy atom. The Balaban J connectivity index is 3.44. The van der Waals surface area contributed by atoms with Gasteiger partial charge in [-0.05, 0) is 0 Å². The molecule has 0 aromatic heterocycles. The Morgan fingerprint density at radius 2 is 1.88 bits per heavy atom. The molecule has 0 aliphatic rings. The van der Waals surface area contributed by atoms with Gasteiger partial charge in [0.1, 0.15) is 6.29 Å². The summed E-state index contributed by atoms with van der Waals surface area (Å²) in [5, 5.41) is 20.9. The number of rotatable bonds is 4. The number of nitrogens with zero attached hydrogens (tertiary/aromatic N) is 2. The van der Waals surface area contributed by atoms with Gasteiger partial charge in [-0.3, -0.25) is 20.2 Å². The predicted molar refractivity (Wildman–Crippen MR) is 54.5 cm³/mol. The standard InChI is InChI=1S/C8H5ClN2O5/c9-7-3-5(10(13)14)4-8(11(15)16)6(7)1-2-12/h2-4H,1H2. The summed E-state index contributed by atoms with van der Waals surface area (Å²) >= 11 is 5.63. The zero-order valence-corrected chi connectivity index (χ0v) is 8.51. The highest BCUT2D eigenvalue weighted by atomic mass is 35.5. The summed E-state index contributed by atoms with van der Waals surface area (Å²) in [6.45, 7) is 0. The molecule has 84 valence electrons. The van der Waals surface area contributed by atoms with E-state index in [2.05, 4.69) is 0 Å². The van der Waals surface area contributed by atoms with Crippen molar-refractivity contribution in [2.75, 3.05) is 0 Å². The van der Waals surface area contributed by atoms with Crippen molar-refractivity contribution in [3.63, 3.8) is 0 Å². The number of hydrogen-bond acceptors (Lipinski definition) is 5. The van der Waals surface area contributed by atoms with Crippen LogP contribution in [0.4, 0.5) is 11.4 Å². The molecule has 16 heavy (non-hydrogen) atoms. The van der Waals surface area contributed by atoms with Crippen LogP contribution in [0.1, 0.15) is 5.56 Å². The molecular formula is C8H5ClN2O5. The Labute approximate surface area is 93.9 Å². The van der Waals surface area contributed by atoms with Crippen molar-refractivity contribution in [2.24, 2.45) is 0 Å². The van der Waals surface area contributed by atoms with E-state index in [-0.39, 0.29) is 17.0 Å². The van der Waals surface area contributed by atoms with E-state index in [0.717, 1.165) is 12.1 Å². The van der Waals surface area contributed by atoms with Crippen molar-refractivity contribution in [1.82, 2.24) is 0 Å². The lowest BCUT2D eigenvalue weighted by atomic mass is 10.1. The maximum absolute atomic E-state index is 10.6. The summed E-state index contributed by atoms with van der Waals surface area (Å²) in [6.07, 6.45) is 0.188. The van der Waals surface area contributed by atoms with Gasteiger partial charge in [-0.15, -0.1) is 0 Å². The quantitative estimate of drug-likeness (QED) is 0.457. The third-order valence-electron chi connectivity index (χ3n) is 1.85. The minimum atomic E-state index is -0.808. The molecule has 0 radical (unpaired) electrons. The molecule has 0 heterocycles. The number of hydrogen-bond donors (Lipinski definition) is 0. The number of nitro groups is 2. The average molecular weight is 245 g/mol. The summed E-state index contributed by atoms with van der Waals surface area (Å²) in [6, 6.07) is 1.76. The van der Waals surface area contributed by atoms with Gasteiger partial charge in [0.25, 0.3) is 11.4 Å². The lowest BCUT2D eigenvalue weighted by Gasteiger charge is -2.01. The second-order valence-corrected chi connectivity index (χ2v) is 3.22. The third-order valence-corrected chi connectivity index (χ3v) is 2.19. The van der Waals surface area contributed by atoms with Crippen LogP contribution in [-0.4, -0.2) is 16.1 Å². The molecule has 0 saturated heterocycles. The van der Waals surface area contributed by atoms with Gasteiger partial charge in [-0.1, -0.05) is 11.6 Å². The van der Waals surface area contributed by atoms with Crippen LogP contribution in [0.5, 0.6) is 0 Å². The molecule has 8 heteroatoms. The highest BCUT2D eigenvalue weighted by molar-refractivity contribution is 6.32. The Kier molecular flexibility index (Phi) is 3.51. The number of halogens is 1. The van der Waals surface area contributed by atoms with E-state index in [1.54, 1.807) is 0 Å². The Bertz CT molecular complexity index is 474. The van der Waals surface area contributed by atoms with Gasteiger partial charge in [0.15, 0.2) is 0 Å². The Hall–Kier alpha value is -2.02. The molecular weight excluding hydrogens is 240 g/mol. The van der Waals surface area contributed by atoms with Crippen LogP contribution < -0.4 is 0 Å². The average Bonchev–Trinajstić information content (AvgIpc) is 2.20. The summed E-state index contributed by atoms with van der Waals surface area (Å²) in [4.78, 5) is 29.8. The normalized spacial score (nSPS) is 9.81. The molecule has 0 atom stereocenters. The molecule has 0 N–H and O–H groups in total. The molecule has 0 fully saturated rings. The van der Waals surface area contributed by atoms with E-state index in [1.165, 1.54) is 0 Å². The summed E-state index contributed by atoms with van der Waals surface area (Å²) in [5.74, 6) is 0. The van der Waals surface area contributed by atoms with Crippen molar-refractivity contribution in [1.29, 1.82) is 0 Å². The van der Waals surface area contributed by atoms with Crippen LogP contribution in [0.15, 0.2) is 12.1 Å². The summed E-state index contributed by atoms with van der Waals surface area (Å²) < 4.78 is 0. The monoisotopic (exact) mass is 244 g/mol. The van der Waals surface area contributed by atoms with Crippen molar-refractivity contribution in [3.05, 3.63) is 42.9 Å². The van der Waals surface area contributed by atoms with Crippen molar-refractivity contribution >= 4 is 29.3 Å². The first kappa shape index (κ1) is 12.1. The largest absolute Gasteiger partial charge is 0.303 e. The Morgan fingerprint density at radius 1 is 1.25 bits per heavy atom. The number of carbonyl (C=O) groups is 1. The van der Waals surface area contributed by atoms with E-state index in [0.29, 0.717) is 6.29 Å². The molecule has 0 saturated carbocycles. The molecule has 1 aromatic rings. The lowest BCUT2D eigenvalue weighted by molar-refractivity contribution is -0.394. The fourth-order valence-electron chi connectivity index (χ4n) is 1.16. The second kappa shape index (κ2) is 4.67. The minimum Gasteiger partial charge on any atom is -0.303 e. The maximum Gasteiger partial charge on any atom is 0.281 e.